The van der Waals surface area contributed by atoms with E-state index in [-0.39, 0.29) is 23.8 Å². The van der Waals surface area contributed by atoms with E-state index in [4.69, 9.17) is 4.74 Å². The zero-order valence-electron chi connectivity index (χ0n) is 14.1. The molecule has 0 aromatic heterocycles. The Labute approximate surface area is 134 Å². The highest BCUT2D eigenvalue weighted by molar-refractivity contribution is 5.84. The van der Waals surface area contributed by atoms with Crippen LogP contribution in [0, 0.1) is 11.8 Å². The van der Waals surface area contributed by atoms with Crippen molar-refractivity contribution in [1.29, 1.82) is 0 Å². The molecule has 0 aromatic rings. The van der Waals surface area contributed by atoms with Crippen molar-refractivity contribution >= 4 is 11.7 Å². The SMILES string of the molecule is CC(C)C(=O)C1CC(NC(=O)CCCOC2CCCCC2)C1. The van der Waals surface area contributed by atoms with Crippen LogP contribution in [0.5, 0.6) is 0 Å². The third-order valence-electron chi connectivity index (χ3n) is 4.93. The van der Waals surface area contributed by atoms with E-state index in [0.29, 0.717) is 24.9 Å². The molecule has 4 nitrogen and oxygen atoms in total. The van der Waals surface area contributed by atoms with Gasteiger partial charge in [0.2, 0.25) is 5.91 Å². The molecule has 0 saturated heterocycles. The van der Waals surface area contributed by atoms with Gasteiger partial charge >= 0.3 is 0 Å². The topological polar surface area (TPSA) is 55.4 Å². The van der Waals surface area contributed by atoms with E-state index in [9.17, 15) is 9.59 Å². The van der Waals surface area contributed by atoms with E-state index in [1.165, 1.54) is 32.1 Å². The molecule has 1 amide bonds. The predicted octanol–water partition coefficient (Wildman–Crippen LogP) is 3.24. The summed E-state index contributed by atoms with van der Waals surface area (Å²) in [5.74, 6) is 0.720. The van der Waals surface area contributed by atoms with Gasteiger partial charge in [-0.2, -0.15) is 0 Å². The number of hydrogen-bond donors (Lipinski definition) is 1. The largest absolute Gasteiger partial charge is 0.378 e. The van der Waals surface area contributed by atoms with Crippen molar-refractivity contribution in [3.63, 3.8) is 0 Å². The maximum atomic E-state index is 11.9. The average molecular weight is 309 g/mol. The summed E-state index contributed by atoms with van der Waals surface area (Å²) in [6.45, 7) is 4.58. The molecular weight excluding hydrogens is 278 g/mol. The molecule has 0 aliphatic heterocycles. The summed E-state index contributed by atoms with van der Waals surface area (Å²) in [5, 5.41) is 3.03. The summed E-state index contributed by atoms with van der Waals surface area (Å²) in [4.78, 5) is 23.6. The van der Waals surface area contributed by atoms with Crippen LogP contribution in [-0.2, 0) is 14.3 Å². The Bertz CT molecular complexity index is 369. The molecule has 4 heteroatoms. The number of rotatable bonds is 8. The molecule has 0 unspecified atom stereocenters. The zero-order chi connectivity index (χ0) is 15.9. The van der Waals surface area contributed by atoms with Crippen LogP contribution in [0.3, 0.4) is 0 Å². The molecular formula is C18H31NO3. The molecule has 2 aliphatic carbocycles. The van der Waals surface area contributed by atoms with Crippen molar-refractivity contribution in [3.8, 4) is 0 Å². The van der Waals surface area contributed by atoms with Gasteiger partial charge in [-0.25, -0.2) is 0 Å². The highest BCUT2D eigenvalue weighted by Gasteiger charge is 2.35. The van der Waals surface area contributed by atoms with Crippen LogP contribution < -0.4 is 5.32 Å². The summed E-state index contributed by atoms with van der Waals surface area (Å²) >= 11 is 0. The lowest BCUT2D eigenvalue weighted by molar-refractivity contribution is -0.131. The van der Waals surface area contributed by atoms with Crippen molar-refractivity contribution in [2.45, 2.75) is 83.8 Å². The van der Waals surface area contributed by atoms with Crippen LogP contribution in [0.4, 0.5) is 0 Å². The minimum Gasteiger partial charge on any atom is -0.378 e. The molecule has 0 bridgehead atoms. The van der Waals surface area contributed by atoms with Crippen LogP contribution in [0.1, 0.15) is 71.6 Å². The fourth-order valence-electron chi connectivity index (χ4n) is 3.45. The quantitative estimate of drug-likeness (QED) is 0.700. The first kappa shape index (κ1) is 17.5. The smallest absolute Gasteiger partial charge is 0.220 e. The molecule has 1 N–H and O–H groups in total. The molecule has 0 heterocycles. The first-order chi connectivity index (χ1) is 10.6. The maximum absolute atomic E-state index is 11.9. The highest BCUT2D eigenvalue weighted by Crippen LogP contribution is 2.30. The summed E-state index contributed by atoms with van der Waals surface area (Å²) in [7, 11) is 0. The monoisotopic (exact) mass is 309 g/mol. The van der Waals surface area contributed by atoms with E-state index in [1.807, 2.05) is 13.8 Å². The number of nitrogens with one attached hydrogen (secondary N) is 1. The normalized spacial score (nSPS) is 25.8. The van der Waals surface area contributed by atoms with Crippen molar-refractivity contribution in [1.82, 2.24) is 5.32 Å². The Morgan fingerprint density at radius 3 is 2.45 bits per heavy atom. The summed E-state index contributed by atoms with van der Waals surface area (Å²) in [6.07, 6.45) is 9.65. The van der Waals surface area contributed by atoms with Crippen LogP contribution in [0.2, 0.25) is 0 Å². The van der Waals surface area contributed by atoms with Crippen LogP contribution >= 0.6 is 0 Å². The molecule has 2 rings (SSSR count). The summed E-state index contributed by atoms with van der Waals surface area (Å²) < 4.78 is 5.83. The second kappa shape index (κ2) is 8.66. The summed E-state index contributed by atoms with van der Waals surface area (Å²) in [5.41, 5.74) is 0. The lowest BCUT2D eigenvalue weighted by atomic mass is 9.75. The molecule has 2 saturated carbocycles. The number of amides is 1. The first-order valence-electron chi connectivity index (χ1n) is 9.01. The lowest BCUT2D eigenvalue weighted by Crippen LogP contribution is -2.47. The Balaban J connectivity index is 1.49. The first-order valence-corrected chi connectivity index (χ1v) is 9.01. The van der Waals surface area contributed by atoms with Crippen molar-refractivity contribution < 1.29 is 14.3 Å². The van der Waals surface area contributed by atoms with Crippen molar-refractivity contribution in [2.75, 3.05) is 6.61 Å². The Kier molecular flexibility index (Phi) is 6.87. The van der Waals surface area contributed by atoms with Gasteiger partial charge in [-0.05, 0) is 32.1 Å². The fourth-order valence-corrected chi connectivity index (χ4v) is 3.45. The molecule has 22 heavy (non-hydrogen) atoms. The zero-order valence-corrected chi connectivity index (χ0v) is 14.1. The molecule has 0 atom stereocenters. The standard InChI is InChI=1S/C18H31NO3/c1-13(2)18(21)14-11-15(12-14)19-17(20)9-6-10-22-16-7-4-3-5-8-16/h13-16H,3-12H2,1-2H3,(H,19,20). The minimum absolute atomic E-state index is 0.104. The van der Waals surface area contributed by atoms with Gasteiger partial charge in [-0.3, -0.25) is 9.59 Å². The number of hydrogen-bond acceptors (Lipinski definition) is 3. The van der Waals surface area contributed by atoms with Gasteiger partial charge in [-0.15, -0.1) is 0 Å². The minimum atomic E-state index is 0.104. The van der Waals surface area contributed by atoms with E-state index in [2.05, 4.69) is 5.32 Å². The van der Waals surface area contributed by atoms with Gasteiger partial charge in [0.15, 0.2) is 0 Å². The number of Topliss-reactive ketones (excluding diaryl/α,β-unsaturated/α-hetero) is 1. The van der Waals surface area contributed by atoms with Gasteiger partial charge in [0, 0.05) is 30.9 Å². The Morgan fingerprint density at radius 2 is 1.82 bits per heavy atom. The fraction of sp³-hybridized carbons (Fsp3) is 0.889. The second-order valence-corrected chi connectivity index (χ2v) is 7.22. The van der Waals surface area contributed by atoms with Gasteiger partial charge in [-0.1, -0.05) is 33.1 Å². The maximum Gasteiger partial charge on any atom is 0.220 e. The predicted molar refractivity (Wildman–Crippen MR) is 86.6 cm³/mol. The molecule has 126 valence electrons. The van der Waals surface area contributed by atoms with Gasteiger partial charge < -0.3 is 10.1 Å². The Morgan fingerprint density at radius 1 is 1.14 bits per heavy atom. The van der Waals surface area contributed by atoms with Crippen LogP contribution in [0.25, 0.3) is 0 Å². The second-order valence-electron chi connectivity index (χ2n) is 7.22. The third kappa shape index (κ3) is 5.38. The highest BCUT2D eigenvalue weighted by atomic mass is 16.5. The number of carbonyl (C=O) groups excluding carboxylic acids is 2. The van der Waals surface area contributed by atoms with Gasteiger partial charge in [0.1, 0.15) is 5.78 Å². The van der Waals surface area contributed by atoms with Crippen LogP contribution in [-0.4, -0.2) is 30.4 Å². The van der Waals surface area contributed by atoms with E-state index in [1.54, 1.807) is 0 Å². The summed E-state index contributed by atoms with van der Waals surface area (Å²) in [6, 6.07) is 0.208. The molecule has 2 aliphatic rings. The van der Waals surface area contributed by atoms with E-state index < -0.39 is 0 Å². The Hall–Kier alpha value is -0.900. The molecule has 0 radical (unpaired) electrons. The molecule has 2 fully saturated rings. The van der Waals surface area contributed by atoms with Gasteiger partial charge in [0.05, 0.1) is 6.10 Å². The average Bonchev–Trinajstić information content (AvgIpc) is 2.47. The molecule has 0 aromatic carbocycles. The number of carbonyl (C=O) groups is 2. The van der Waals surface area contributed by atoms with E-state index >= 15 is 0 Å². The lowest BCUT2D eigenvalue weighted by Gasteiger charge is -2.35. The number of ketones is 1. The van der Waals surface area contributed by atoms with Crippen molar-refractivity contribution in [2.24, 2.45) is 11.8 Å². The van der Waals surface area contributed by atoms with Gasteiger partial charge in [0.25, 0.3) is 0 Å². The number of ether oxygens (including phenoxy) is 1. The third-order valence-corrected chi connectivity index (χ3v) is 4.93. The van der Waals surface area contributed by atoms with Crippen molar-refractivity contribution in [3.05, 3.63) is 0 Å². The molecule has 0 spiro atoms. The van der Waals surface area contributed by atoms with E-state index in [0.717, 1.165) is 19.3 Å². The van der Waals surface area contributed by atoms with Crippen LogP contribution in [0.15, 0.2) is 0 Å².